The average Bonchev–Trinajstić information content (AvgIpc) is 3.20. The number of benzene rings is 2. The summed E-state index contributed by atoms with van der Waals surface area (Å²) in [6.45, 7) is 4.62. The van der Waals surface area contributed by atoms with E-state index in [1.54, 1.807) is 0 Å². The first kappa shape index (κ1) is 20.5. The molecule has 6 heteroatoms. The highest BCUT2D eigenvalue weighted by molar-refractivity contribution is 5.97. The van der Waals surface area contributed by atoms with Gasteiger partial charge in [0.25, 0.3) is 0 Å². The zero-order valence-electron chi connectivity index (χ0n) is 18.7. The molecule has 2 aliphatic rings. The fraction of sp³-hybridized carbons (Fsp3) is 0.308. The number of phenolic OH excluding ortho intramolecular Hbond substituents is 1. The van der Waals surface area contributed by atoms with Crippen LogP contribution in [-0.2, 0) is 12.8 Å². The van der Waals surface area contributed by atoms with Crippen LogP contribution in [0.1, 0.15) is 30.5 Å². The monoisotopic (exact) mass is 430 g/mol. The van der Waals surface area contributed by atoms with Crippen LogP contribution in [0.2, 0.25) is 0 Å². The minimum atomic E-state index is -0.521. The van der Waals surface area contributed by atoms with Gasteiger partial charge in [0.2, 0.25) is 5.43 Å². The van der Waals surface area contributed by atoms with Crippen LogP contribution in [0.4, 0.5) is 5.69 Å². The van der Waals surface area contributed by atoms with Gasteiger partial charge in [-0.1, -0.05) is 6.07 Å². The lowest BCUT2D eigenvalue weighted by Crippen LogP contribution is -2.29. The molecule has 0 bridgehead atoms. The molecule has 0 amide bonds. The van der Waals surface area contributed by atoms with Crippen molar-refractivity contribution in [2.75, 3.05) is 20.6 Å². The van der Waals surface area contributed by atoms with E-state index in [9.17, 15) is 9.90 Å². The summed E-state index contributed by atoms with van der Waals surface area (Å²) >= 11 is 0. The molecule has 0 saturated heterocycles. The highest BCUT2D eigenvalue weighted by Gasteiger charge is 2.30. The second-order valence-electron chi connectivity index (χ2n) is 9.20. The van der Waals surface area contributed by atoms with Gasteiger partial charge < -0.3 is 19.2 Å². The molecule has 6 nitrogen and oxygen atoms in total. The Hall–Kier alpha value is -3.38. The number of phenols is 1. The molecule has 0 saturated carbocycles. The minimum Gasteiger partial charge on any atom is -0.507 e. The van der Waals surface area contributed by atoms with Crippen LogP contribution in [0.25, 0.3) is 28.2 Å². The maximum absolute atomic E-state index is 13.6. The first-order valence-electron chi connectivity index (χ1n) is 10.8. The average molecular weight is 431 g/mol. The van der Waals surface area contributed by atoms with E-state index in [0.29, 0.717) is 41.0 Å². The van der Waals surface area contributed by atoms with Crippen LogP contribution in [-0.4, -0.2) is 42.5 Å². The normalized spacial score (nSPS) is 15.8. The minimum absolute atomic E-state index is 0.0632. The molecule has 0 spiro atoms. The molecule has 2 aliphatic heterocycles. The summed E-state index contributed by atoms with van der Waals surface area (Å²) in [6, 6.07) is 5.74. The molecular formula is C26H26N2O4. The van der Waals surface area contributed by atoms with Gasteiger partial charge in [-0.25, -0.2) is 0 Å². The van der Waals surface area contributed by atoms with Crippen molar-refractivity contribution in [2.24, 2.45) is 4.99 Å². The van der Waals surface area contributed by atoms with Crippen molar-refractivity contribution in [1.82, 2.24) is 4.90 Å². The number of likely N-dealkylation sites (N-methyl/N-ethyl adjacent to an activating group) is 1. The molecule has 1 aromatic heterocycles. The highest BCUT2D eigenvalue weighted by Crippen LogP contribution is 2.44. The Balaban J connectivity index is 1.75. The van der Waals surface area contributed by atoms with Crippen molar-refractivity contribution >= 4 is 28.9 Å². The third kappa shape index (κ3) is 3.31. The van der Waals surface area contributed by atoms with E-state index in [2.05, 4.69) is 4.99 Å². The molecule has 32 heavy (non-hydrogen) atoms. The van der Waals surface area contributed by atoms with Gasteiger partial charge in [-0.05, 0) is 69.8 Å². The van der Waals surface area contributed by atoms with Gasteiger partial charge in [-0.2, -0.15) is 0 Å². The molecule has 0 radical (unpaired) electrons. The number of hydrogen-bond acceptors (Lipinski definition) is 6. The van der Waals surface area contributed by atoms with Gasteiger partial charge in [-0.3, -0.25) is 9.79 Å². The Labute approximate surface area is 186 Å². The van der Waals surface area contributed by atoms with E-state index < -0.39 is 5.60 Å². The zero-order valence-corrected chi connectivity index (χ0v) is 18.7. The standard InChI is InChI=1S/C26H26N2O4/c1-26(2)10-7-18-24(32-26)17(9-12-28(3)4)22(29)21-23(30)19(14-31-25(18)21)15-5-6-20-16(13-15)8-11-27-20/h5-7,10-11,13-14,29H,8-9,12H2,1-4H3. The van der Waals surface area contributed by atoms with Crippen molar-refractivity contribution in [3.05, 3.63) is 57.5 Å². The molecule has 3 aromatic rings. The van der Waals surface area contributed by atoms with Gasteiger partial charge in [-0.15, -0.1) is 0 Å². The molecule has 0 aliphatic carbocycles. The molecule has 0 unspecified atom stereocenters. The van der Waals surface area contributed by atoms with E-state index in [1.165, 1.54) is 6.26 Å². The first-order chi connectivity index (χ1) is 15.2. The van der Waals surface area contributed by atoms with Crippen molar-refractivity contribution in [1.29, 1.82) is 0 Å². The van der Waals surface area contributed by atoms with E-state index in [1.807, 2.05) is 69.4 Å². The Morgan fingerprint density at radius 1 is 1.25 bits per heavy atom. The smallest absolute Gasteiger partial charge is 0.204 e. The van der Waals surface area contributed by atoms with Gasteiger partial charge in [0, 0.05) is 24.7 Å². The number of nitrogens with zero attached hydrogens (tertiary/aromatic N) is 2. The summed E-state index contributed by atoms with van der Waals surface area (Å²) in [6.07, 6.45) is 8.49. The lowest BCUT2D eigenvalue weighted by Gasteiger charge is -2.30. The number of fused-ring (bicyclic) bond motifs is 4. The maximum Gasteiger partial charge on any atom is 0.204 e. The lowest BCUT2D eigenvalue weighted by atomic mass is 9.93. The summed E-state index contributed by atoms with van der Waals surface area (Å²) in [5, 5.41) is 11.5. The largest absolute Gasteiger partial charge is 0.507 e. The second-order valence-corrected chi connectivity index (χ2v) is 9.20. The van der Waals surface area contributed by atoms with Crippen molar-refractivity contribution in [3.8, 4) is 22.6 Å². The third-order valence-electron chi connectivity index (χ3n) is 6.04. The van der Waals surface area contributed by atoms with Crippen LogP contribution in [0, 0.1) is 0 Å². The summed E-state index contributed by atoms with van der Waals surface area (Å²) in [5.74, 6) is 0.515. The third-order valence-corrected chi connectivity index (χ3v) is 6.04. The Morgan fingerprint density at radius 3 is 2.84 bits per heavy atom. The maximum atomic E-state index is 13.6. The van der Waals surface area contributed by atoms with Gasteiger partial charge in [0.15, 0.2) is 5.58 Å². The number of rotatable bonds is 4. The van der Waals surface area contributed by atoms with Crippen LogP contribution in [0.5, 0.6) is 11.5 Å². The van der Waals surface area contributed by atoms with Gasteiger partial charge in [0.1, 0.15) is 28.7 Å². The van der Waals surface area contributed by atoms with Crippen molar-refractivity contribution < 1.29 is 14.3 Å². The highest BCUT2D eigenvalue weighted by atomic mass is 16.5. The fourth-order valence-corrected chi connectivity index (χ4v) is 4.31. The molecule has 0 atom stereocenters. The fourth-order valence-electron chi connectivity index (χ4n) is 4.31. The number of ether oxygens (including phenoxy) is 1. The first-order valence-corrected chi connectivity index (χ1v) is 10.8. The molecule has 2 aromatic carbocycles. The Bertz CT molecular complexity index is 1360. The van der Waals surface area contributed by atoms with Crippen molar-refractivity contribution in [3.63, 3.8) is 0 Å². The van der Waals surface area contributed by atoms with E-state index in [4.69, 9.17) is 9.15 Å². The molecule has 164 valence electrons. The van der Waals surface area contributed by atoms with E-state index >= 15 is 0 Å². The van der Waals surface area contributed by atoms with Crippen molar-refractivity contribution in [2.45, 2.75) is 32.3 Å². The summed E-state index contributed by atoms with van der Waals surface area (Å²) in [5.41, 5.74) is 4.06. The van der Waals surface area contributed by atoms with Gasteiger partial charge in [0.05, 0.1) is 16.8 Å². The van der Waals surface area contributed by atoms with E-state index in [0.717, 1.165) is 23.2 Å². The zero-order chi connectivity index (χ0) is 22.6. The van der Waals surface area contributed by atoms with Gasteiger partial charge >= 0.3 is 0 Å². The number of aromatic hydroxyl groups is 1. The molecule has 5 rings (SSSR count). The molecule has 0 fully saturated rings. The Morgan fingerprint density at radius 2 is 2.06 bits per heavy atom. The topological polar surface area (TPSA) is 75.3 Å². The Kier molecular flexibility index (Phi) is 4.71. The number of hydrogen-bond donors (Lipinski definition) is 1. The predicted octanol–water partition coefficient (Wildman–Crippen LogP) is 4.71. The lowest BCUT2D eigenvalue weighted by molar-refractivity contribution is 0.156. The van der Waals surface area contributed by atoms with Crippen LogP contribution in [0.3, 0.4) is 0 Å². The second kappa shape index (κ2) is 7.35. The quantitative estimate of drug-likeness (QED) is 0.649. The predicted molar refractivity (Wildman–Crippen MR) is 127 cm³/mol. The molecular weight excluding hydrogens is 404 g/mol. The summed E-state index contributed by atoms with van der Waals surface area (Å²) < 4.78 is 12.2. The van der Waals surface area contributed by atoms with Crippen LogP contribution in [0.15, 0.2) is 44.7 Å². The van der Waals surface area contributed by atoms with Crippen LogP contribution < -0.4 is 10.2 Å². The summed E-state index contributed by atoms with van der Waals surface area (Å²) in [4.78, 5) is 20.0. The molecule has 1 N–H and O–H groups in total. The summed E-state index contributed by atoms with van der Waals surface area (Å²) in [7, 11) is 3.94. The number of aliphatic imine (C=N–C) groups is 1. The SMILES string of the molecule is CN(C)CCc1c2c(c3occ(-c4ccc5c(c4)CC=N5)c(=O)c3c1O)C=CC(C)(C)O2. The van der Waals surface area contributed by atoms with E-state index in [-0.39, 0.29) is 16.6 Å². The van der Waals surface area contributed by atoms with Crippen LogP contribution >= 0.6 is 0 Å². The molecule has 3 heterocycles.